The number of aromatic nitrogens is 1. The zero-order valence-electron chi connectivity index (χ0n) is 9.86. The van der Waals surface area contributed by atoms with Crippen LogP contribution in [-0.4, -0.2) is 18.7 Å². The standard InChI is InChI=1S/C9H14N2O2.C2H6/c1-3-13-9(12-2)8-5-4-7(10)6-11-8;1-2/h4-6,9H,3,10H2,1-2H3;1-2H3. The van der Waals surface area contributed by atoms with Gasteiger partial charge in [0.05, 0.1) is 17.6 Å². The lowest BCUT2D eigenvalue weighted by Crippen LogP contribution is -2.08. The van der Waals surface area contributed by atoms with Gasteiger partial charge in [-0.2, -0.15) is 0 Å². The summed E-state index contributed by atoms with van der Waals surface area (Å²) in [4.78, 5) is 4.09. The predicted molar refractivity (Wildman–Crippen MR) is 61.4 cm³/mol. The van der Waals surface area contributed by atoms with Crippen molar-refractivity contribution < 1.29 is 9.47 Å². The first-order valence-electron chi connectivity index (χ1n) is 5.13. The maximum Gasteiger partial charge on any atom is 0.200 e. The number of pyridine rings is 1. The Morgan fingerprint density at radius 2 is 2.07 bits per heavy atom. The van der Waals surface area contributed by atoms with E-state index in [0.717, 1.165) is 5.69 Å². The Hall–Kier alpha value is -1.13. The van der Waals surface area contributed by atoms with Gasteiger partial charge < -0.3 is 15.2 Å². The van der Waals surface area contributed by atoms with E-state index in [4.69, 9.17) is 15.2 Å². The Bertz CT molecular complexity index is 249. The van der Waals surface area contributed by atoms with Crippen molar-refractivity contribution in [3.8, 4) is 0 Å². The molecule has 0 aromatic carbocycles. The lowest BCUT2D eigenvalue weighted by atomic mass is 10.3. The molecule has 0 aliphatic rings. The van der Waals surface area contributed by atoms with E-state index < -0.39 is 6.29 Å². The molecule has 0 aliphatic heterocycles. The van der Waals surface area contributed by atoms with Gasteiger partial charge in [-0.3, -0.25) is 4.98 Å². The lowest BCUT2D eigenvalue weighted by Gasteiger charge is -2.14. The zero-order chi connectivity index (χ0) is 11.7. The summed E-state index contributed by atoms with van der Waals surface area (Å²) in [7, 11) is 1.58. The molecule has 0 aliphatic carbocycles. The van der Waals surface area contributed by atoms with Gasteiger partial charge in [0.25, 0.3) is 0 Å². The van der Waals surface area contributed by atoms with Gasteiger partial charge in [0.15, 0.2) is 0 Å². The summed E-state index contributed by atoms with van der Waals surface area (Å²) in [6.07, 6.45) is 1.19. The first kappa shape index (κ1) is 13.9. The van der Waals surface area contributed by atoms with E-state index in [0.29, 0.717) is 12.3 Å². The number of ether oxygens (including phenoxy) is 2. The Labute approximate surface area is 91.4 Å². The maximum atomic E-state index is 5.50. The molecule has 0 radical (unpaired) electrons. The van der Waals surface area contributed by atoms with E-state index in [1.807, 2.05) is 20.8 Å². The molecule has 0 bridgehead atoms. The summed E-state index contributed by atoms with van der Waals surface area (Å²) in [5, 5.41) is 0. The normalized spacial score (nSPS) is 11.5. The highest BCUT2D eigenvalue weighted by Gasteiger charge is 2.10. The van der Waals surface area contributed by atoms with Crippen molar-refractivity contribution in [3.05, 3.63) is 24.0 Å². The average molecular weight is 212 g/mol. The minimum Gasteiger partial charge on any atom is -0.397 e. The summed E-state index contributed by atoms with van der Waals surface area (Å²) in [6, 6.07) is 3.56. The number of hydrogen-bond donors (Lipinski definition) is 1. The SMILES string of the molecule is CC.CCOC(OC)c1ccc(N)cn1. The highest BCUT2D eigenvalue weighted by atomic mass is 16.7. The van der Waals surface area contributed by atoms with E-state index in [9.17, 15) is 0 Å². The number of nitrogens with zero attached hydrogens (tertiary/aromatic N) is 1. The van der Waals surface area contributed by atoms with E-state index in [1.54, 1.807) is 25.4 Å². The number of anilines is 1. The molecular weight excluding hydrogens is 192 g/mol. The smallest absolute Gasteiger partial charge is 0.200 e. The highest BCUT2D eigenvalue weighted by molar-refractivity contribution is 5.34. The van der Waals surface area contributed by atoms with Gasteiger partial charge in [-0.15, -0.1) is 0 Å². The summed E-state index contributed by atoms with van der Waals surface area (Å²) in [5.74, 6) is 0. The van der Waals surface area contributed by atoms with Crippen LogP contribution in [-0.2, 0) is 9.47 Å². The van der Waals surface area contributed by atoms with Crippen LogP contribution in [0.3, 0.4) is 0 Å². The Kier molecular flexibility index (Phi) is 7.58. The van der Waals surface area contributed by atoms with Gasteiger partial charge in [0, 0.05) is 13.7 Å². The van der Waals surface area contributed by atoms with Crippen molar-refractivity contribution in [1.82, 2.24) is 4.98 Å². The second-order valence-corrected chi connectivity index (χ2v) is 2.54. The van der Waals surface area contributed by atoms with Crippen LogP contribution < -0.4 is 5.73 Å². The van der Waals surface area contributed by atoms with E-state index in [2.05, 4.69) is 4.98 Å². The van der Waals surface area contributed by atoms with Crippen LogP contribution in [0.2, 0.25) is 0 Å². The van der Waals surface area contributed by atoms with Gasteiger partial charge in [0.2, 0.25) is 6.29 Å². The maximum absolute atomic E-state index is 5.50. The van der Waals surface area contributed by atoms with Crippen LogP contribution in [0, 0.1) is 0 Å². The number of nitrogen functional groups attached to an aromatic ring is 1. The average Bonchev–Trinajstić information content (AvgIpc) is 2.30. The summed E-state index contributed by atoms with van der Waals surface area (Å²) in [5.41, 5.74) is 6.87. The molecule has 15 heavy (non-hydrogen) atoms. The molecule has 2 N–H and O–H groups in total. The Morgan fingerprint density at radius 3 is 2.47 bits per heavy atom. The van der Waals surface area contributed by atoms with Crippen LogP contribution in [0.15, 0.2) is 18.3 Å². The molecule has 4 heteroatoms. The number of nitrogens with two attached hydrogens (primary N) is 1. The minimum absolute atomic E-state index is 0.398. The minimum atomic E-state index is -0.398. The molecule has 0 spiro atoms. The third kappa shape index (κ3) is 4.76. The van der Waals surface area contributed by atoms with E-state index in [1.165, 1.54) is 0 Å². The quantitative estimate of drug-likeness (QED) is 0.778. The number of rotatable bonds is 4. The van der Waals surface area contributed by atoms with Crippen molar-refractivity contribution in [2.24, 2.45) is 0 Å². The first-order chi connectivity index (χ1) is 7.27. The molecule has 1 rings (SSSR count). The van der Waals surface area contributed by atoms with Crippen molar-refractivity contribution in [2.45, 2.75) is 27.1 Å². The fourth-order valence-corrected chi connectivity index (χ4v) is 0.982. The Morgan fingerprint density at radius 1 is 1.40 bits per heavy atom. The second kappa shape index (κ2) is 8.20. The van der Waals surface area contributed by atoms with Gasteiger partial charge in [-0.25, -0.2) is 0 Å². The molecule has 0 fully saturated rings. The van der Waals surface area contributed by atoms with Gasteiger partial charge in [-0.1, -0.05) is 13.8 Å². The molecular formula is C11H20N2O2. The molecule has 0 amide bonds. The largest absolute Gasteiger partial charge is 0.397 e. The molecule has 0 saturated carbocycles. The molecule has 1 aromatic heterocycles. The molecule has 1 unspecified atom stereocenters. The van der Waals surface area contributed by atoms with Gasteiger partial charge in [-0.05, 0) is 19.1 Å². The van der Waals surface area contributed by atoms with Gasteiger partial charge in [0.1, 0.15) is 0 Å². The summed E-state index contributed by atoms with van der Waals surface area (Å²) in [6.45, 7) is 6.49. The molecule has 1 atom stereocenters. The molecule has 1 aromatic rings. The Balaban J connectivity index is 0.000000921. The van der Waals surface area contributed by atoms with Crippen LogP contribution in [0.5, 0.6) is 0 Å². The first-order valence-corrected chi connectivity index (χ1v) is 5.13. The number of hydrogen-bond acceptors (Lipinski definition) is 4. The zero-order valence-corrected chi connectivity index (χ0v) is 9.86. The van der Waals surface area contributed by atoms with Crippen LogP contribution in [0.1, 0.15) is 32.8 Å². The molecule has 1 heterocycles. The fraction of sp³-hybridized carbons (Fsp3) is 0.545. The molecule has 86 valence electrons. The van der Waals surface area contributed by atoms with Crippen LogP contribution in [0.4, 0.5) is 5.69 Å². The fourth-order valence-electron chi connectivity index (χ4n) is 0.982. The lowest BCUT2D eigenvalue weighted by molar-refractivity contribution is -0.126. The predicted octanol–water partition coefficient (Wildman–Crippen LogP) is 2.37. The highest BCUT2D eigenvalue weighted by Crippen LogP contribution is 2.15. The third-order valence-corrected chi connectivity index (χ3v) is 1.58. The van der Waals surface area contributed by atoms with Crippen molar-refractivity contribution in [3.63, 3.8) is 0 Å². The third-order valence-electron chi connectivity index (χ3n) is 1.58. The van der Waals surface area contributed by atoms with Gasteiger partial charge >= 0.3 is 0 Å². The molecule has 0 saturated heterocycles. The monoisotopic (exact) mass is 212 g/mol. The van der Waals surface area contributed by atoms with Crippen molar-refractivity contribution in [2.75, 3.05) is 19.5 Å². The van der Waals surface area contributed by atoms with Crippen LogP contribution in [0.25, 0.3) is 0 Å². The summed E-state index contributed by atoms with van der Waals surface area (Å²) >= 11 is 0. The molecule has 4 nitrogen and oxygen atoms in total. The van der Waals surface area contributed by atoms with Crippen LogP contribution >= 0.6 is 0 Å². The van der Waals surface area contributed by atoms with E-state index >= 15 is 0 Å². The van der Waals surface area contributed by atoms with Crippen molar-refractivity contribution in [1.29, 1.82) is 0 Å². The number of methoxy groups -OCH3 is 1. The second-order valence-electron chi connectivity index (χ2n) is 2.54. The van der Waals surface area contributed by atoms with E-state index in [-0.39, 0.29) is 0 Å². The summed E-state index contributed by atoms with van der Waals surface area (Å²) < 4.78 is 10.4. The topological polar surface area (TPSA) is 57.4 Å². The van der Waals surface area contributed by atoms with Crippen molar-refractivity contribution >= 4 is 5.69 Å².